The van der Waals surface area contributed by atoms with Gasteiger partial charge in [0.25, 0.3) is 0 Å². The fourth-order valence-electron chi connectivity index (χ4n) is 1.54. The molecular formula is C7H14O3S2. The van der Waals surface area contributed by atoms with Crippen LogP contribution in [0.25, 0.3) is 0 Å². The van der Waals surface area contributed by atoms with Crippen LogP contribution in [0.15, 0.2) is 0 Å². The second kappa shape index (κ2) is 3.98. The lowest BCUT2D eigenvalue weighted by Gasteiger charge is -2.24. The first-order chi connectivity index (χ1) is 5.55. The predicted molar refractivity (Wildman–Crippen MR) is 50.1 cm³/mol. The highest BCUT2D eigenvalue weighted by Crippen LogP contribution is 2.25. The first-order valence-corrected chi connectivity index (χ1v) is 7.26. The Bertz CT molecular complexity index is 235. The van der Waals surface area contributed by atoms with Gasteiger partial charge in [-0.2, -0.15) is 0 Å². The minimum atomic E-state index is -4.02. The maximum Gasteiger partial charge on any atom is 0.205 e. The number of hydrogen-bond acceptors (Lipinski definition) is 3. The Morgan fingerprint density at radius 1 is 1.50 bits per heavy atom. The van der Waals surface area contributed by atoms with Gasteiger partial charge in [-0.1, -0.05) is 0 Å². The van der Waals surface area contributed by atoms with E-state index in [0.717, 1.165) is 24.3 Å². The van der Waals surface area contributed by atoms with E-state index in [0.29, 0.717) is 6.42 Å². The summed E-state index contributed by atoms with van der Waals surface area (Å²) in [6.07, 6.45) is 2.57. The molecule has 5 heteroatoms. The van der Waals surface area contributed by atoms with Gasteiger partial charge in [0.15, 0.2) is 0 Å². The Morgan fingerprint density at radius 3 is 2.58 bits per heavy atom. The van der Waals surface area contributed by atoms with Crippen LogP contribution < -0.4 is 0 Å². The minimum absolute atomic E-state index is 0.159. The summed E-state index contributed by atoms with van der Waals surface area (Å²) >= 11 is 0. The van der Waals surface area contributed by atoms with Crippen molar-refractivity contribution in [3.05, 3.63) is 0 Å². The zero-order valence-corrected chi connectivity index (χ0v) is 8.79. The second-order valence-corrected chi connectivity index (χ2v) is 7.43. The van der Waals surface area contributed by atoms with E-state index in [9.17, 15) is 13.0 Å². The molecule has 0 saturated carbocycles. The molecule has 1 aliphatic heterocycles. The van der Waals surface area contributed by atoms with Crippen LogP contribution in [-0.2, 0) is 21.0 Å². The molecule has 0 spiro atoms. The van der Waals surface area contributed by atoms with Gasteiger partial charge >= 0.3 is 0 Å². The largest absolute Gasteiger partial charge is 0.744 e. The van der Waals surface area contributed by atoms with Crippen molar-refractivity contribution >= 4 is 21.0 Å². The van der Waals surface area contributed by atoms with Crippen molar-refractivity contribution in [3.8, 4) is 0 Å². The third-order valence-electron chi connectivity index (χ3n) is 2.16. The van der Waals surface area contributed by atoms with Gasteiger partial charge in [-0.05, 0) is 19.8 Å². The Morgan fingerprint density at radius 2 is 2.17 bits per heavy atom. The standard InChI is InChI=1S/C7H14O3S2/c1-2-11-6-4-3-5-7(11)12(8,9)10/h7H,2-6H2,1H3. The van der Waals surface area contributed by atoms with Crippen LogP contribution in [0.5, 0.6) is 0 Å². The zero-order valence-electron chi connectivity index (χ0n) is 7.15. The van der Waals surface area contributed by atoms with Crippen molar-refractivity contribution in [2.24, 2.45) is 0 Å². The maximum atomic E-state index is 10.8. The van der Waals surface area contributed by atoms with E-state index in [4.69, 9.17) is 0 Å². The zero-order chi connectivity index (χ0) is 9.19. The molecule has 2 unspecified atom stereocenters. The topological polar surface area (TPSA) is 57.2 Å². The monoisotopic (exact) mass is 210 g/mol. The van der Waals surface area contributed by atoms with Crippen molar-refractivity contribution in [3.63, 3.8) is 0 Å². The summed E-state index contributed by atoms with van der Waals surface area (Å²) in [5, 5.41) is 0. The summed E-state index contributed by atoms with van der Waals surface area (Å²) in [6.45, 7) is 1.96. The lowest BCUT2D eigenvalue weighted by atomic mass is 10.3. The second-order valence-electron chi connectivity index (χ2n) is 2.95. The van der Waals surface area contributed by atoms with Gasteiger partial charge in [0.1, 0.15) is 21.6 Å². The van der Waals surface area contributed by atoms with Crippen LogP contribution in [0.3, 0.4) is 0 Å². The average Bonchev–Trinajstić information content (AvgIpc) is 2.03. The van der Waals surface area contributed by atoms with E-state index in [1.54, 1.807) is 0 Å². The summed E-state index contributed by atoms with van der Waals surface area (Å²) in [7, 11) is -4.18. The van der Waals surface area contributed by atoms with Gasteiger partial charge in [0.2, 0.25) is 4.58 Å². The van der Waals surface area contributed by atoms with Crippen molar-refractivity contribution < 1.29 is 13.0 Å². The van der Waals surface area contributed by atoms with E-state index in [1.165, 1.54) is 0 Å². The SMILES string of the molecule is CC[S+]1CCCCC1S(=O)(=O)[O-]. The normalized spacial score (nSPS) is 31.8. The van der Waals surface area contributed by atoms with Crippen molar-refractivity contribution in [2.75, 3.05) is 11.5 Å². The molecule has 2 atom stereocenters. The average molecular weight is 210 g/mol. The highest BCUT2D eigenvalue weighted by molar-refractivity contribution is 8.09. The molecule has 1 heterocycles. The van der Waals surface area contributed by atoms with Gasteiger partial charge in [-0.3, -0.25) is 0 Å². The molecule has 0 N–H and O–H groups in total. The van der Waals surface area contributed by atoms with Gasteiger partial charge in [-0.15, -0.1) is 0 Å². The van der Waals surface area contributed by atoms with Crippen LogP contribution in [0.2, 0.25) is 0 Å². The summed E-state index contributed by atoms with van der Waals surface area (Å²) < 4.78 is 31.8. The van der Waals surface area contributed by atoms with E-state index in [-0.39, 0.29) is 10.9 Å². The van der Waals surface area contributed by atoms with Gasteiger partial charge in [0, 0.05) is 17.3 Å². The van der Waals surface area contributed by atoms with Gasteiger partial charge < -0.3 is 4.55 Å². The lowest BCUT2D eigenvalue weighted by molar-refractivity contribution is 0.454. The third kappa shape index (κ3) is 2.37. The smallest absolute Gasteiger partial charge is 0.205 e. The fourth-order valence-corrected chi connectivity index (χ4v) is 6.02. The molecule has 0 aliphatic carbocycles. The lowest BCUT2D eigenvalue weighted by Crippen LogP contribution is -2.36. The molecule has 3 nitrogen and oxygen atoms in total. The highest BCUT2D eigenvalue weighted by Gasteiger charge is 2.36. The summed E-state index contributed by atoms with van der Waals surface area (Å²) in [6, 6.07) is 0. The fraction of sp³-hybridized carbons (Fsp3) is 1.00. The quantitative estimate of drug-likeness (QED) is 0.497. The molecule has 0 aromatic rings. The maximum absolute atomic E-state index is 10.8. The Labute approximate surface area is 76.6 Å². The molecule has 72 valence electrons. The summed E-state index contributed by atoms with van der Waals surface area (Å²) in [5.41, 5.74) is 0. The molecule has 0 radical (unpaired) electrons. The molecule has 0 bridgehead atoms. The Hall–Kier alpha value is 0.260. The van der Waals surface area contributed by atoms with Gasteiger partial charge in [0.05, 0.1) is 0 Å². The molecule has 0 aromatic carbocycles. The third-order valence-corrected chi connectivity index (χ3v) is 7.10. The first kappa shape index (κ1) is 10.3. The minimum Gasteiger partial charge on any atom is -0.744 e. The predicted octanol–water partition coefficient (Wildman–Crippen LogP) is 0.680. The molecule has 0 amide bonds. The number of rotatable bonds is 2. The Balaban J connectivity index is 2.72. The molecule has 0 aromatic heterocycles. The molecule has 1 fully saturated rings. The molecule has 1 aliphatic rings. The number of hydrogen-bond donors (Lipinski definition) is 0. The summed E-state index contributed by atoms with van der Waals surface area (Å²) in [5.74, 6) is 1.77. The van der Waals surface area contributed by atoms with Crippen LogP contribution in [-0.4, -0.2) is 29.1 Å². The summed E-state index contributed by atoms with van der Waals surface area (Å²) in [4.78, 5) is 0. The van der Waals surface area contributed by atoms with E-state index < -0.39 is 14.7 Å². The van der Waals surface area contributed by atoms with E-state index >= 15 is 0 Å². The highest BCUT2D eigenvalue weighted by atomic mass is 32.3. The van der Waals surface area contributed by atoms with Crippen molar-refractivity contribution in [2.45, 2.75) is 30.8 Å². The van der Waals surface area contributed by atoms with Crippen LogP contribution in [0, 0.1) is 0 Å². The van der Waals surface area contributed by atoms with Crippen molar-refractivity contribution in [1.29, 1.82) is 0 Å². The molecule has 12 heavy (non-hydrogen) atoms. The van der Waals surface area contributed by atoms with Crippen molar-refractivity contribution in [1.82, 2.24) is 0 Å². The van der Waals surface area contributed by atoms with E-state index in [1.807, 2.05) is 6.92 Å². The van der Waals surface area contributed by atoms with Gasteiger partial charge in [-0.25, -0.2) is 8.42 Å². The van der Waals surface area contributed by atoms with Crippen LogP contribution in [0.1, 0.15) is 26.2 Å². The molecule has 1 saturated heterocycles. The Kier molecular flexibility index (Phi) is 3.43. The van der Waals surface area contributed by atoms with Crippen LogP contribution in [0.4, 0.5) is 0 Å². The first-order valence-electron chi connectivity index (χ1n) is 4.16. The van der Waals surface area contributed by atoms with E-state index in [2.05, 4.69) is 0 Å². The van der Waals surface area contributed by atoms with Crippen LogP contribution >= 0.6 is 0 Å². The molecule has 1 rings (SSSR count). The molecular weight excluding hydrogens is 196 g/mol.